The third-order valence-electron chi connectivity index (χ3n) is 5.11. The summed E-state index contributed by atoms with van der Waals surface area (Å²) >= 11 is 0. The van der Waals surface area contributed by atoms with Gasteiger partial charge in [-0.05, 0) is 25.5 Å². The number of methoxy groups -OCH3 is 1. The van der Waals surface area contributed by atoms with Crippen LogP contribution < -0.4 is 0 Å². The van der Waals surface area contributed by atoms with Crippen LogP contribution in [0.15, 0.2) is 18.2 Å². The van der Waals surface area contributed by atoms with Crippen molar-refractivity contribution in [3.8, 4) is 0 Å². The molecule has 156 valence electrons. The van der Waals surface area contributed by atoms with Gasteiger partial charge < -0.3 is 14.7 Å². The van der Waals surface area contributed by atoms with Crippen molar-refractivity contribution in [3.05, 3.63) is 35.4 Å². The largest absolute Gasteiger partial charge is 0.467 e. The Labute approximate surface area is 164 Å². The van der Waals surface area contributed by atoms with Crippen LogP contribution in [0.4, 0.5) is 8.78 Å². The Bertz CT molecular complexity index is 693. The number of carbonyl (C=O) groups excluding carboxylic acids is 2. The van der Waals surface area contributed by atoms with Crippen LogP contribution in [-0.2, 0) is 14.3 Å². The predicted molar refractivity (Wildman–Crippen MR) is 99.3 cm³/mol. The molecule has 1 amide bonds. The quantitative estimate of drug-likeness (QED) is 0.744. The fraction of sp³-hybridized carbons (Fsp3) is 0.600. The number of piperazine rings is 1. The lowest BCUT2D eigenvalue weighted by Gasteiger charge is -2.47. The highest BCUT2D eigenvalue weighted by atomic mass is 19.1. The zero-order valence-corrected chi connectivity index (χ0v) is 16.7. The van der Waals surface area contributed by atoms with Crippen molar-refractivity contribution in [1.82, 2.24) is 9.80 Å². The Balaban J connectivity index is 2.42. The number of esters is 1. The fourth-order valence-corrected chi connectivity index (χ4v) is 3.83. The molecule has 2 rings (SSSR count). The highest BCUT2D eigenvalue weighted by molar-refractivity contribution is 5.86. The van der Waals surface area contributed by atoms with Crippen molar-refractivity contribution in [1.29, 1.82) is 0 Å². The summed E-state index contributed by atoms with van der Waals surface area (Å²) in [4.78, 5) is 28.3. The maximum Gasteiger partial charge on any atom is 0.329 e. The Morgan fingerprint density at radius 3 is 2.36 bits per heavy atom. The standard InChI is InChI=1S/C20H28F2N2O4/c1-12(2)19(26)24-13(3)10-23(11-17(24)20(27)28-4)16(8-9-25)18-14(21)6-5-7-15(18)22/h5-7,12-13,16-17,25H,8-11H2,1-4H3/t13-,16-,17-/m1/s1. The molecule has 28 heavy (non-hydrogen) atoms. The van der Waals surface area contributed by atoms with E-state index in [-0.39, 0.29) is 43.0 Å². The molecule has 0 aromatic heterocycles. The minimum atomic E-state index is -0.889. The molecule has 1 fully saturated rings. The van der Waals surface area contributed by atoms with Gasteiger partial charge in [-0.1, -0.05) is 19.9 Å². The van der Waals surface area contributed by atoms with Crippen molar-refractivity contribution >= 4 is 11.9 Å². The number of hydrogen-bond donors (Lipinski definition) is 1. The van der Waals surface area contributed by atoms with Gasteiger partial charge in [-0.15, -0.1) is 0 Å². The van der Waals surface area contributed by atoms with E-state index in [9.17, 15) is 23.5 Å². The first-order valence-electron chi connectivity index (χ1n) is 9.41. The van der Waals surface area contributed by atoms with Gasteiger partial charge in [0, 0.05) is 43.3 Å². The summed E-state index contributed by atoms with van der Waals surface area (Å²) in [5, 5.41) is 9.48. The molecule has 1 aromatic rings. The molecule has 1 heterocycles. The maximum absolute atomic E-state index is 14.4. The summed E-state index contributed by atoms with van der Waals surface area (Å²) in [5.74, 6) is -2.48. The summed E-state index contributed by atoms with van der Waals surface area (Å²) in [7, 11) is 1.24. The maximum atomic E-state index is 14.4. The molecule has 0 spiro atoms. The van der Waals surface area contributed by atoms with Gasteiger partial charge in [0.05, 0.1) is 7.11 Å². The van der Waals surface area contributed by atoms with Crippen molar-refractivity contribution in [2.45, 2.75) is 45.3 Å². The van der Waals surface area contributed by atoms with Crippen molar-refractivity contribution in [2.24, 2.45) is 5.92 Å². The lowest BCUT2D eigenvalue weighted by molar-refractivity contribution is -0.161. The van der Waals surface area contributed by atoms with E-state index < -0.39 is 29.7 Å². The van der Waals surface area contributed by atoms with Crippen LogP contribution in [0.5, 0.6) is 0 Å². The van der Waals surface area contributed by atoms with Crippen LogP contribution >= 0.6 is 0 Å². The molecule has 0 radical (unpaired) electrons. The van der Waals surface area contributed by atoms with E-state index >= 15 is 0 Å². The molecule has 0 bridgehead atoms. The lowest BCUT2D eigenvalue weighted by atomic mass is 9.96. The summed E-state index contributed by atoms with van der Waals surface area (Å²) in [6.45, 7) is 5.38. The van der Waals surface area contributed by atoms with Crippen molar-refractivity contribution in [3.63, 3.8) is 0 Å². The van der Waals surface area contributed by atoms with Crippen LogP contribution in [0.1, 0.15) is 38.8 Å². The van der Waals surface area contributed by atoms with E-state index in [2.05, 4.69) is 0 Å². The number of carbonyl (C=O) groups is 2. The Hall–Kier alpha value is -2.06. The number of halogens is 2. The molecule has 0 aliphatic carbocycles. The van der Waals surface area contributed by atoms with E-state index in [0.717, 1.165) is 0 Å². The number of aliphatic hydroxyl groups excluding tert-OH is 1. The minimum absolute atomic E-state index is 0.0634. The second kappa shape index (κ2) is 9.43. The molecule has 0 saturated carbocycles. The average molecular weight is 398 g/mol. The van der Waals surface area contributed by atoms with Gasteiger partial charge in [-0.2, -0.15) is 0 Å². The SMILES string of the molecule is COC(=O)[C@H]1CN([C@H](CCO)c2c(F)cccc2F)C[C@@H](C)N1C(=O)C(C)C. The molecule has 1 aliphatic rings. The first-order valence-corrected chi connectivity index (χ1v) is 9.41. The van der Waals surface area contributed by atoms with Gasteiger partial charge in [-0.25, -0.2) is 13.6 Å². The monoisotopic (exact) mass is 398 g/mol. The highest BCUT2D eigenvalue weighted by Gasteiger charge is 2.43. The first-order chi connectivity index (χ1) is 13.2. The summed E-state index contributed by atoms with van der Waals surface area (Å²) < 4.78 is 33.7. The summed E-state index contributed by atoms with van der Waals surface area (Å²) in [6, 6.07) is 1.59. The van der Waals surface area contributed by atoms with Gasteiger partial charge >= 0.3 is 5.97 Å². The van der Waals surface area contributed by atoms with Gasteiger partial charge in [0.15, 0.2) is 0 Å². The minimum Gasteiger partial charge on any atom is -0.467 e. The second-order valence-electron chi connectivity index (χ2n) is 7.41. The van der Waals surface area contributed by atoms with Crippen LogP contribution in [0.2, 0.25) is 0 Å². The molecule has 6 nitrogen and oxygen atoms in total. The molecule has 1 N–H and O–H groups in total. The van der Waals surface area contributed by atoms with E-state index in [1.54, 1.807) is 25.7 Å². The highest BCUT2D eigenvalue weighted by Crippen LogP contribution is 2.32. The molecular formula is C20H28F2N2O4. The van der Waals surface area contributed by atoms with Crippen LogP contribution in [0.3, 0.4) is 0 Å². The number of ether oxygens (including phenoxy) is 1. The first kappa shape index (κ1) is 22.2. The number of rotatable bonds is 6. The normalized spacial score (nSPS) is 21.6. The van der Waals surface area contributed by atoms with E-state index in [1.165, 1.54) is 30.2 Å². The smallest absolute Gasteiger partial charge is 0.329 e. The molecule has 1 aromatic carbocycles. The molecular weight excluding hydrogens is 370 g/mol. The van der Waals surface area contributed by atoms with Crippen LogP contribution in [0, 0.1) is 17.6 Å². The molecule has 8 heteroatoms. The Morgan fingerprint density at radius 1 is 1.25 bits per heavy atom. The van der Waals surface area contributed by atoms with Gasteiger partial charge in [0.25, 0.3) is 0 Å². The predicted octanol–water partition coefficient (Wildman–Crippen LogP) is 2.12. The molecule has 3 atom stereocenters. The van der Waals surface area contributed by atoms with Crippen molar-refractivity contribution < 1.29 is 28.2 Å². The van der Waals surface area contributed by atoms with Gasteiger partial charge in [-0.3, -0.25) is 9.69 Å². The lowest BCUT2D eigenvalue weighted by Crippen LogP contribution is -2.63. The fourth-order valence-electron chi connectivity index (χ4n) is 3.83. The molecule has 1 aliphatic heterocycles. The van der Waals surface area contributed by atoms with Crippen LogP contribution in [-0.4, -0.2) is 65.7 Å². The Kier molecular flexibility index (Phi) is 7.48. The van der Waals surface area contributed by atoms with E-state index in [4.69, 9.17) is 4.74 Å². The number of amides is 1. The number of nitrogens with zero attached hydrogens (tertiary/aromatic N) is 2. The van der Waals surface area contributed by atoms with Crippen molar-refractivity contribution in [2.75, 3.05) is 26.8 Å². The van der Waals surface area contributed by atoms with Crippen LogP contribution in [0.25, 0.3) is 0 Å². The number of benzene rings is 1. The molecule has 1 saturated heterocycles. The van der Waals surface area contributed by atoms with E-state index in [0.29, 0.717) is 6.54 Å². The number of hydrogen-bond acceptors (Lipinski definition) is 5. The summed E-state index contributed by atoms with van der Waals surface area (Å²) in [6.07, 6.45) is 0.0938. The Morgan fingerprint density at radius 2 is 1.86 bits per heavy atom. The second-order valence-corrected chi connectivity index (χ2v) is 7.41. The molecule has 0 unspecified atom stereocenters. The number of aliphatic hydroxyl groups is 1. The zero-order valence-electron chi connectivity index (χ0n) is 16.7. The topological polar surface area (TPSA) is 70.1 Å². The van der Waals surface area contributed by atoms with Gasteiger partial charge in [0.2, 0.25) is 5.91 Å². The zero-order chi connectivity index (χ0) is 21.0. The third-order valence-corrected chi connectivity index (χ3v) is 5.11. The van der Waals surface area contributed by atoms with Gasteiger partial charge in [0.1, 0.15) is 17.7 Å². The summed E-state index contributed by atoms with van der Waals surface area (Å²) in [5.41, 5.74) is -0.143. The third kappa shape index (κ3) is 4.50. The van der Waals surface area contributed by atoms with E-state index in [1.807, 2.05) is 0 Å². The average Bonchev–Trinajstić information content (AvgIpc) is 2.65.